The Kier molecular flexibility index (Phi) is 3.36. The zero-order valence-electron chi connectivity index (χ0n) is 9.12. The standard InChI is InChI=1S/C12H18O2/c1-6-8-11-9(3)10(7-2)13-12(4,5)14-11/h1,7,9-11H,2,8H2,3-5H3. The van der Waals surface area contributed by atoms with E-state index in [0.29, 0.717) is 6.42 Å². The maximum absolute atomic E-state index is 5.75. The lowest BCUT2D eigenvalue weighted by Crippen LogP contribution is -2.49. The maximum Gasteiger partial charge on any atom is 0.163 e. The lowest BCUT2D eigenvalue weighted by Gasteiger charge is -2.43. The Morgan fingerprint density at radius 3 is 2.64 bits per heavy atom. The molecule has 0 spiro atoms. The Morgan fingerprint density at radius 1 is 1.50 bits per heavy atom. The Bertz CT molecular complexity index is 250. The fraction of sp³-hybridized carbons (Fsp3) is 0.667. The van der Waals surface area contributed by atoms with Crippen molar-refractivity contribution in [1.82, 2.24) is 0 Å². The molecule has 0 saturated carbocycles. The van der Waals surface area contributed by atoms with Crippen molar-refractivity contribution < 1.29 is 9.47 Å². The van der Waals surface area contributed by atoms with Crippen LogP contribution in [0.15, 0.2) is 12.7 Å². The van der Waals surface area contributed by atoms with Crippen LogP contribution in [0.1, 0.15) is 27.2 Å². The van der Waals surface area contributed by atoms with E-state index in [1.807, 2.05) is 19.9 Å². The van der Waals surface area contributed by atoms with Crippen molar-refractivity contribution in [2.75, 3.05) is 0 Å². The smallest absolute Gasteiger partial charge is 0.163 e. The van der Waals surface area contributed by atoms with Crippen LogP contribution in [0, 0.1) is 18.3 Å². The Hall–Kier alpha value is -0.780. The van der Waals surface area contributed by atoms with Gasteiger partial charge in [0.1, 0.15) is 0 Å². The number of hydrogen-bond acceptors (Lipinski definition) is 2. The molecule has 1 aliphatic rings. The van der Waals surface area contributed by atoms with Gasteiger partial charge in [0.2, 0.25) is 0 Å². The molecule has 3 atom stereocenters. The van der Waals surface area contributed by atoms with Gasteiger partial charge in [-0.25, -0.2) is 0 Å². The van der Waals surface area contributed by atoms with Crippen LogP contribution < -0.4 is 0 Å². The van der Waals surface area contributed by atoms with Gasteiger partial charge in [0, 0.05) is 12.3 Å². The first-order valence-corrected chi connectivity index (χ1v) is 4.92. The molecule has 0 aromatic rings. The van der Waals surface area contributed by atoms with Crippen LogP contribution in [0.5, 0.6) is 0 Å². The molecule has 0 amide bonds. The summed E-state index contributed by atoms with van der Waals surface area (Å²) in [6.07, 6.45) is 7.83. The van der Waals surface area contributed by atoms with E-state index in [-0.39, 0.29) is 18.1 Å². The predicted octanol–water partition coefficient (Wildman–Crippen LogP) is 2.35. The van der Waals surface area contributed by atoms with Crippen molar-refractivity contribution in [1.29, 1.82) is 0 Å². The van der Waals surface area contributed by atoms with Crippen molar-refractivity contribution in [3.63, 3.8) is 0 Å². The number of ether oxygens (including phenoxy) is 2. The van der Waals surface area contributed by atoms with Gasteiger partial charge in [0.25, 0.3) is 0 Å². The quantitative estimate of drug-likeness (QED) is 0.496. The summed E-state index contributed by atoms with van der Waals surface area (Å²) in [5, 5.41) is 0. The van der Waals surface area contributed by atoms with Gasteiger partial charge >= 0.3 is 0 Å². The average molecular weight is 194 g/mol. The van der Waals surface area contributed by atoms with E-state index in [0.717, 1.165) is 0 Å². The zero-order chi connectivity index (χ0) is 10.8. The highest BCUT2D eigenvalue weighted by Crippen LogP contribution is 2.32. The predicted molar refractivity (Wildman–Crippen MR) is 56.6 cm³/mol. The van der Waals surface area contributed by atoms with Gasteiger partial charge in [-0.1, -0.05) is 13.0 Å². The third-order valence-corrected chi connectivity index (χ3v) is 2.51. The van der Waals surface area contributed by atoms with Gasteiger partial charge in [-0.05, 0) is 13.8 Å². The summed E-state index contributed by atoms with van der Waals surface area (Å²) < 4.78 is 11.4. The minimum Gasteiger partial charge on any atom is -0.346 e. The Labute approximate surface area is 86.3 Å². The third kappa shape index (κ3) is 2.37. The molecule has 0 aliphatic carbocycles. The number of terminal acetylenes is 1. The maximum atomic E-state index is 5.75. The van der Waals surface area contributed by atoms with E-state index in [9.17, 15) is 0 Å². The summed E-state index contributed by atoms with van der Waals surface area (Å²) >= 11 is 0. The van der Waals surface area contributed by atoms with Crippen LogP contribution in [0.3, 0.4) is 0 Å². The second-order valence-electron chi connectivity index (χ2n) is 4.14. The molecule has 0 aromatic heterocycles. The second kappa shape index (κ2) is 4.16. The van der Waals surface area contributed by atoms with E-state index in [1.54, 1.807) is 0 Å². The van der Waals surface area contributed by atoms with E-state index in [2.05, 4.69) is 19.4 Å². The molecule has 1 saturated heterocycles. The van der Waals surface area contributed by atoms with E-state index in [1.165, 1.54) is 0 Å². The van der Waals surface area contributed by atoms with Crippen LogP contribution in [0.4, 0.5) is 0 Å². The second-order valence-corrected chi connectivity index (χ2v) is 4.14. The summed E-state index contributed by atoms with van der Waals surface area (Å²) in [7, 11) is 0. The van der Waals surface area contributed by atoms with Gasteiger partial charge in [-0.2, -0.15) is 0 Å². The van der Waals surface area contributed by atoms with Crippen LogP contribution in [0.2, 0.25) is 0 Å². The van der Waals surface area contributed by atoms with Gasteiger partial charge in [0.05, 0.1) is 12.2 Å². The van der Waals surface area contributed by atoms with Crippen molar-refractivity contribution in [2.45, 2.75) is 45.2 Å². The molecule has 1 fully saturated rings. The molecular formula is C12H18O2. The van der Waals surface area contributed by atoms with Gasteiger partial charge in [-0.3, -0.25) is 0 Å². The fourth-order valence-electron chi connectivity index (χ4n) is 1.75. The lowest BCUT2D eigenvalue weighted by molar-refractivity contribution is -0.307. The largest absolute Gasteiger partial charge is 0.346 e. The topological polar surface area (TPSA) is 18.5 Å². The molecule has 0 aromatic carbocycles. The fourth-order valence-corrected chi connectivity index (χ4v) is 1.75. The molecule has 2 nitrogen and oxygen atoms in total. The first-order chi connectivity index (χ1) is 6.50. The third-order valence-electron chi connectivity index (χ3n) is 2.51. The molecule has 3 unspecified atom stereocenters. The van der Waals surface area contributed by atoms with Crippen LogP contribution in [0.25, 0.3) is 0 Å². The highest BCUT2D eigenvalue weighted by Gasteiger charge is 2.38. The summed E-state index contributed by atoms with van der Waals surface area (Å²) in [5.74, 6) is 2.33. The highest BCUT2D eigenvalue weighted by atomic mass is 16.7. The molecule has 0 radical (unpaired) electrons. The molecule has 0 bridgehead atoms. The average Bonchev–Trinajstić information content (AvgIpc) is 2.11. The zero-order valence-corrected chi connectivity index (χ0v) is 9.12. The molecule has 1 rings (SSSR count). The Balaban J connectivity index is 2.76. The normalized spacial score (nSPS) is 36.0. The van der Waals surface area contributed by atoms with Crippen molar-refractivity contribution in [3.05, 3.63) is 12.7 Å². The molecule has 14 heavy (non-hydrogen) atoms. The summed E-state index contributed by atoms with van der Waals surface area (Å²) in [6.45, 7) is 9.64. The summed E-state index contributed by atoms with van der Waals surface area (Å²) in [4.78, 5) is 0. The molecule has 78 valence electrons. The molecule has 0 N–H and O–H groups in total. The summed E-state index contributed by atoms with van der Waals surface area (Å²) in [5.41, 5.74) is 0. The minimum absolute atomic E-state index is 0.0251. The van der Waals surface area contributed by atoms with E-state index in [4.69, 9.17) is 15.9 Å². The van der Waals surface area contributed by atoms with Crippen molar-refractivity contribution >= 4 is 0 Å². The van der Waals surface area contributed by atoms with Crippen LogP contribution in [-0.4, -0.2) is 18.0 Å². The number of rotatable bonds is 2. The van der Waals surface area contributed by atoms with Gasteiger partial charge in [-0.15, -0.1) is 18.9 Å². The van der Waals surface area contributed by atoms with Crippen LogP contribution >= 0.6 is 0 Å². The van der Waals surface area contributed by atoms with Crippen LogP contribution in [-0.2, 0) is 9.47 Å². The monoisotopic (exact) mass is 194 g/mol. The summed E-state index contributed by atoms with van der Waals surface area (Å²) in [6, 6.07) is 0. The molecule has 2 heteroatoms. The molecule has 1 heterocycles. The van der Waals surface area contributed by atoms with E-state index >= 15 is 0 Å². The van der Waals surface area contributed by atoms with E-state index < -0.39 is 5.79 Å². The lowest BCUT2D eigenvalue weighted by atomic mass is 9.93. The minimum atomic E-state index is -0.563. The molecule has 1 aliphatic heterocycles. The first kappa shape index (κ1) is 11.3. The van der Waals surface area contributed by atoms with Gasteiger partial charge in [0.15, 0.2) is 5.79 Å². The number of hydrogen-bond donors (Lipinski definition) is 0. The first-order valence-electron chi connectivity index (χ1n) is 4.92. The highest BCUT2D eigenvalue weighted by molar-refractivity contribution is 4.97. The van der Waals surface area contributed by atoms with Gasteiger partial charge < -0.3 is 9.47 Å². The van der Waals surface area contributed by atoms with Crippen molar-refractivity contribution in [2.24, 2.45) is 5.92 Å². The Morgan fingerprint density at radius 2 is 2.14 bits per heavy atom. The SMILES string of the molecule is C#CCC1OC(C)(C)OC(C=C)C1C. The van der Waals surface area contributed by atoms with Crippen molar-refractivity contribution in [3.8, 4) is 12.3 Å². The molecular weight excluding hydrogens is 176 g/mol.